The number of fused-ring (bicyclic) bond motifs is 1. The van der Waals surface area contributed by atoms with E-state index in [1.165, 1.54) is 18.3 Å². The van der Waals surface area contributed by atoms with Crippen LogP contribution in [0.2, 0.25) is 0 Å². The van der Waals surface area contributed by atoms with Gasteiger partial charge in [0.05, 0.1) is 23.6 Å². The third-order valence-electron chi connectivity index (χ3n) is 4.72. The number of nitrogens with one attached hydrogen (secondary N) is 2. The van der Waals surface area contributed by atoms with E-state index >= 15 is 0 Å². The maximum Gasteiger partial charge on any atom is 0.371 e. The number of amides is 1. The number of nitro groups is 1. The molecule has 4 aromatic rings. The van der Waals surface area contributed by atoms with Gasteiger partial charge in [-0.05, 0) is 46.2 Å². The highest BCUT2D eigenvalue weighted by Gasteiger charge is 2.12. The van der Waals surface area contributed by atoms with Gasteiger partial charge < -0.3 is 4.74 Å². The van der Waals surface area contributed by atoms with Crippen LogP contribution in [0.4, 0.5) is 5.69 Å². The lowest BCUT2D eigenvalue weighted by Crippen LogP contribution is -2.19. The smallest absolute Gasteiger partial charge is 0.371 e. The average molecular weight is 427 g/mol. The molecule has 0 bridgehead atoms. The van der Waals surface area contributed by atoms with Crippen LogP contribution in [0.3, 0.4) is 0 Å². The van der Waals surface area contributed by atoms with Crippen LogP contribution in [0.15, 0.2) is 90.2 Å². The fourth-order valence-electron chi connectivity index (χ4n) is 3.17. The van der Waals surface area contributed by atoms with Crippen molar-refractivity contribution in [2.24, 2.45) is 5.10 Å². The van der Waals surface area contributed by atoms with E-state index in [1.54, 1.807) is 30.5 Å². The Balaban J connectivity index is 1.32. The second-order valence-corrected chi connectivity index (χ2v) is 6.95. The van der Waals surface area contributed by atoms with Crippen molar-refractivity contribution in [2.75, 3.05) is 0 Å². The molecule has 0 spiro atoms. The summed E-state index contributed by atoms with van der Waals surface area (Å²) in [5.41, 5.74) is 4.22. The number of nitrogens with zero attached hydrogens (tertiary/aromatic N) is 2. The molecular formula is C24H19N4O4+. The number of carbonyl (C=O) groups excluding carboxylic acids is 1. The SMILES string of the molecule is O=C(Cc1cccc2ccccc12)NN=Cc1ccc(Oc2ccc([N+](=O)[O-])c[nH+]2)cc1. The zero-order valence-corrected chi connectivity index (χ0v) is 16.9. The van der Waals surface area contributed by atoms with Crippen LogP contribution in [0.1, 0.15) is 11.1 Å². The molecule has 0 aliphatic carbocycles. The second-order valence-electron chi connectivity index (χ2n) is 6.95. The molecule has 0 aliphatic rings. The highest BCUT2D eigenvalue weighted by atomic mass is 16.6. The van der Waals surface area contributed by atoms with Gasteiger partial charge in [-0.25, -0.2) is 5.43 Å². The molecule has 0 radical (unpaired) electrons. The summed E-state index contributed by atoms with van der Waals surface area (Å²) in [6.45, 7) is 0. The average Bonchev–Trinajstić information content (AvgIpc) is 2.81. The lowest BCUT2D eigenvalue weighted by molar-refractivity contribution is -0.425. The summed E-state index contributed by atoms with van der Waals surface area (Å²) in [6.07, 6.45) is 3.04. The first-order chi connectivity index (χ1) is 15.6. The summed E-state index contributed by atoms with van der Waals surface area (Å²) in [7, 11) is 0. The number of carbonyl (C=O) groups is 1. The van der Waals surface area contributed by atoms with E-state index in [4.69, 9.17) is 4.74 Å². The van der Waals surface area contributed by atoms with Gasteiger partial charge in [-0.2, -0.15) is 10.1 Å². The molecule has 8 nitrogen and oxygen atoms in total. The molecule has 0 saturated heterocycles. The Kier molecular flexibility index (Phi) is 6.12. The standard InChI is InChI=1S/C24H18N4O4/c29-23(14-19-6-3-5-18-4-1-2-7-22(18)19)27-26-15-17-8-11-21(12-9-17)32-24-13-10-20(16-25-24)28(30)31/h1-13,15-16H,14H2,(H,27,29)/p+1. The molecule has 2 N–H and O–H groups in total. The number of ether oxygens (including phenoxy) is 1. The first-order valence-corrected chi connectivity index (χ1v) is 9.81. The molecule has 0 atom stereocenters. The highest BCUT2D eigenvalue weighted by molar-refractivity contribution is 5.90. The third kappa shape index (κ3) is 5.11. The molecule has 158 valence electrons. The van der Waals surface area contributed by atoms with Gasteiger partial charge in [0.15, 0.2) is 0 Å². The summed E-state index contributed by atoms with van der Waals surface area (Å²) in [4.78, 5) is 25.2. The van der Waals surface area contributed by atoms with Gasteiger partial charge in [-0.15, -0.1) is 0 Å². The van der Waals surface area contributed by atoms with Gasteiger partial charge in [0, 0.05) is 6.07 Å². The number of hydrazone groups is 1. The van der Waals surface area contributed by atoms with Gasteiger partial charge in [0.2, 0.25) is 12.1 Å². The van der Waals surface area contributed by atoms with E-state index in [2.05, 4.69) is 15.5 Å². The maximum atomic E-state index is 12.3. The molecule has 0 fully saturated rings. The number of aromatic amines is 1. The molecule has 0 saturated carbocycles. The minimum atomic E-state index is -0.491. The van der Waals surface area contributed by atoms with Crippen LogP contribution in [-0.4, -0.2) is 17.0 Å². The number of hydrogen-bond donors (Lipinski definition) is 1. The summed E-state index contributed by atoms with van der Waals surface area (Å²) < 4.78 is 5.62. The monoisotopic (exact) mass is 427 g/mol. The fraction of sp³-hybridized carbons (Fsp3) is 0.0417. The summed E-state index contributed by atoms with van der Waals surface area (Å²) in [6, 6.07) is 23.7. The Morgan fingerprint density at radius 2 is 1.81 bits per heavy atom. The van der Waals surface area contributed by atoms with Crippen LogP contribution in [0.25, 0.3) is 10.8 Å². The lowest BCUT2D eigenvalue weighted by Gasteiger charge is -2.05. The Bertz CT molecular complexity index is 1280. The second kappa shape index (κ2) is 9.48. The predicted molar refractivity (Wildman–Crippen MR) is 120 cm³/mol. The highest BCUT2D eigenvalue weighted by Crippen LogP contribution is 2.20. The van der Waals surface area contributed by atoms with Crippen molar-refractivity contribution in [1.82, 2.24) is 5.43 Å². The zero-order chi connectivity index (χ0) is 22.3. The molecule has 8 heteroatoms. The molecule has 1 aromatic heterocycles. The van der Waals surface area contributed by atoms with E-state index < -0.39 is 4.92 Å². The van der Waals surface area contributed by atoms with Crippen molar-refractivity contribution in [3.63, 3.8) is 0 Å². The van der Waals surface area contributed by atoms with Crippen molar-refractivity contribution in [3.8, 4) is 11.6 Å². The molecule has 3 aromatic carbocycles. The molecule has 4 rings (SSSR count). The van der Waals surface area contributed by atoms with E-state index in [0.29, 0.717) is 11.6 Å². The first kappa shape index (κ1) is 20.7. The molecular weight excluding hydrogens is 408 g/mol. The zero-order valence-electron chi connectivity index (χ0n) is 16.9. The molecule has 32 heavy (non-hydrogen) atoms. The van der Waals surface area contributed by atoms with Crippen molar-refractivity contribution >= 4 is 28.6 Å². The minimum absolute atomic E-state index is 0.0496. The van der Waals surface area contributed by atoms with Crippen LogP contribution in [0.5, 0.6) is 11.6 Å². The Morgan fingerprint density at radius 3 is 2.56 bits per heavy atom. The van der Waals surface area contributed by atoms with Gasteiger partial charge in [-0.3, -0.25) is 14.9 Å². The van der Waals surface area contributed by atoms with E-state index in [-0.39, 0.29) is 18.0 Å². The van der Waals surface area contributed by atoms with Crippen molar-refractivity contribution in [1.29, 1.82) is 0 Å². The Hall–Kier alpha value is -4.59. The number of aromatic nitrogens is 1. The number of rotatable bonds is 7. The van der Waals surface area contributed by atoms with Gasteiger partial charge in [0.25, 0.3) is 0 Å². The van der Waals surface area contributed by atoms with E-state index in [9.17, 15) is 14.9 Å². The lowest BCUT2D eigenvalue weighted by atomic mass is 10.0. The van der Waals surface area contributed by atoms with Crippen LogP contribution in [0, 0.1) is 10.1 Å². The number of benzene rings is 3. The topological polar surface area (TPSA) is 108 Å². The van der Waals surface area contributed by atoms with E-state index in [1.807, 2.05) is 42.5 Å². The maximum absolute atomic E-state index is 12.3. The third-order valence-corrected chi connectivity index (χ3v) is 4.72. The minimum Gasteiger partial charge on any atom is -0.405 e. The van der Waals surface area contributed by atoms with Crippen molar-refractivity contribution in [2.45, 2.75) is 6.42 Å². The van der Waals surface area contributed by atoms with Gasteiger partial charge in [0.1, 0.15) is 5.75 Å². The normalized spacial score (nSPS) is 10.9. The quantitative estimate of drug-likeness (QED) is 0.273. The van der Waals surface area contributed by atoms with Crippen LogP contribution >= 0.6 is 0 Å². The molecule has 0 unspecified atom stereocenters. The summed E-state index contributed by atoms with van der Waals surface area (Å²) >= 11 is 0. The Morgan fingerprint density at radius 1 is 1.03 bits per heavy atom. The molecule has 0 aliphatic heterocycles. The number of hydrogen-bond acceptors (Lipinski definition) is 5. The number of H-pyrrole nitrogens is 1. The van der Waals surface area contributed by atoms with E-state index in [0.717, 1.165) is 21.9 Å². The van der Waals surface area contributed by atoms with Crippen LogP contribution < -0.4 is 15.1 Å². The first-order valence-electron chi connectivity index (χ1n) is 9.81. The summed E-state index contributed by atoms with van der Waals surface area (Å²) in [5, 5.41) is 16.9. The van der Waals surface area contributed by atoms with Crippen molar-refractivity contribution in [3.05, 3.63) is 106 Å². The Labute approximate surface area is 183 Å². The van der Waals surface area contributed by atoms with Gasteiger partial charge >= 0.3 is 11.6 Å². The molecule has 1 heterocycles. The predicted octanol–water partition coefficient (Wildman–Crippen LogP) is 4.05. The fourth-order valence-corrected chi connectivity index (χ4v) is 3.17. The van der Waals surface area contributed by atoms with Gasteiger partial charge in [-0.1, -0.05) is 42.5 Å². The largest absolute Gasteiger partial charge is 0.405 e. The summed E-state index contributed by atoms with van der Waals surface area (Å²) in [5.74, 6) is 0.719. The van der Waals surface area contributed by atoms with Crippen molar-refractivity contribution < 1.29 is 19.4 Å². The van der Waals surface area contributed by atoms with Crippen LogP contribution in [-0.2, 0) is 11.2 Å². The number of pyridine rings is 1. The molecule has 1 amide bonds.